The monoisotopic (exact) mass is 258 g/mol. The zero-order valence-corrected chi connectivity index (χ0v) is 12.2. The number of hydrogen-bond donors (Lipinski definition) is 0. The van der Waals surface area contributed by atoms with Gasteiger partial charge in [-0.3, -0.25) is 9.59 Å². The van der Waals surface area contributed by atoms with E-state index in [9.17, 15) is 9.59 Å². The van der Waals surface area contributed by atoms with Crippen LogP contribution in [0.25, 0.3) is 0 Å². The van der Waals surface area contributed by atoms with E-state index in [1.165, 1.54) is 0 Å². The minimum atomic E-state index is -1.12. The molecule has 0 heterocycles. The Balaban J connectivity index is 4.11. The van der Waals surface area contributed by atoms with Crippen molar-refractivity contribution in [1.29, 1.82) is 0 Å². The topological polar surface area (TPSA) is 52.6 Å². The molecular weight excluding hydrogens is 232 g/mol. The first kappa shape index (κ1) is 17.1. The van der Waals surface area contributed by atoms with Gasteiger partial charge in [-0.25, -0.2) is 0 Å². The summed E-state index contributed by atoms with van der Waals surface area (Å²) in [7, 11) is 0. The second-order valence-corrected chi connectivity index (χ2v) is 5.18. The highest BCUT2D eigenvalue weighted by atomic mass is 16.5. The summed E-state index contributed by atoms with van der Waals surface area (Å²) in [5.74, 6) is -0.279. The highest BCUT2D eigenvalue weighted by Gasteiger charge is 2.37. The zero-order chi connectivity index (χ0) is 14.2. The van der Waals surface area contributed by atoms with Gasteiger partial charge in [0.05, 0.1) is 6.61 Å². The smallest absolute Gasteiger partial charge is 0.319 e. The van der Waals surface area contributed by atoms with Crippen LogP contribution in [-0.4, -0.2) is 31.6 Å². The minimum absolute atomic E-state index is 0.0279. The zero-order valence-electron chi connectivity index (χ0n) is 12.2. The van der Waals surface area contributed by atoms with Gasteiger partial charge in [-0.1, -0.05) is 20.3 Å². The standard InChI is InChI=1S/C14H26O4/c1-6-8-11(3)9-17-10-12(15)14(4,5)13(16)18-7-2/h11H,6-10H2,1-5H3. The van der Waals surface area contributed by atoms with Crippen molar-refractivity contribution in [2.45, 2.75) is 47.5 Å². The molecule has 0 aromatic heterocycles. The van der Waals surface area contributed by atoms with Gasteiger partial charge < -0.3 is 9.47 Å². The van der Waals surface area contributed by atoms with E-state index >= 15 is 0 Å². The van der Waals surface area contributed by atoms with Gasteiger partial charge in [-0.2, -0.15) is 0 Å². The predicted octanol–water partition coefficient (Wildman–Crippen LogP) is 2.60. The lowest BCUT2D eigenvalue weighted by Crippen LogP contribution is -2.37. The number of carbonyl (C=O) groups excluding carboxylic acids is 2. The van der Waals surface area contributed by atoms with Crippen molar-refractivity contribution in [3.63, 3.8) is 0 Å². The Morgan fingerprint density at radius 1 is 1.22 bits per heavy atom. The normalized spacial score (nSPS) is 13.2. The van der Waals surface area contributed by atoms with Crippen molar-refractivity contribution in [2.75, 3.05) is 19.8 Å². The van der Waals surface area contributed by atoms with Crippen LogP contribution in [0.2, 0.25) is 0 Å². The van der Waals surface area contributed by atoms with E-state index in [1.807, 2.05) is 0 Å². The Kier molecular flexibility index (Phi) is 7.83. The summed E-state index contributed by atoms with van der Waals surface area (Å²) < 4.78 is 10.2. The quantitative estimate of drug-likeness (QED) is 0.471. The molecule has 0 saturated carbocycles. The third kappa shape index (κ3) is 5.63. The number of esters is 1. The maximum absolute atomic E-state index is 11.9. The number of carbonyl (C=O) groups is 2. The second kappa shape index (κ2) is 8.25. The maximum Gasteiger partial charge on any atom is 0.319 e. The first-order valence-corrected chi connectivity index (χ1v) is 6.64. The van der Waals surface area contributed by atoms with Crippen LogP contribution in [-0.2, 0) is 19.1 Å². The van der Waals surface area contributed by atoms with E-state index in [0.717, 1.165) is 12.8 Å². The Labute approximate surface area is 110 Å². The van der Waals surface area contributed by atoms with Crippen LogP contribution in [0.3, 0.4) is 0 Å². The molecule has 0 radical (unpaired) electrons. The molecule has 18 heavy (non-hydrogen) atoms. The first-order valence-electron chi connectivity index (χ1n) is 6.64. The summed E-state index contributed by atoms with van der Waals surface area (Å²) in [4.78, 5) is 23.5. The van der Waals surface area contributed by atoms with E-state index in [2.05, 4.69) is 13.8 Å². The molecule has 0 aromatic carbocycles. The minimum Gasteiger partial charge on any atom is -0.465 e. The molecule has 1 unspecified atom stereocenters. The van der Waals surface area contributed by atoms with Crippen molar-refractivity contribution in [2.24, 2.45) is 11.3 Å². The fourth-order valence-electron chi connectivity index (χ4n) is 1.53. The molecular formula is C14H26O4. The lowest BCUT2D eigenvalue weighted by Gasteiger charge is -2.21. The molecule has 0 aliphatic rings. The molecule has 0 N–H and O–H groups in total. The second-order valence-electron chi connectivity index (χ2n) is 5.18. The molecule has 1 atom stereocenters. The van der Waals surface area contributed by atoms with Gasteiger partial charge in [0.15, 0.2) is 5.78 Å². The summed E-state index contributed by atoms with van der Waals surface area (Å²) >= 11 is 0. The van der Waals surface area contributed by atoms with Gasteiger partial charge in [0.1, 0.15) is 12.0 Å². The third-order valence-corrected chi connectivity index (χ3v) is 2.90. The SMILES string of the molecule is CCCC(C)COCC(=O)C(C)(C)C(=O)OCC. The van der Waals surface area contributed by atoms with E-state index < -0.39 is 11.4 Å². The molecule has 0 aromatic rings. The summed E-state index contributed by atoms with van der Waals surface area (Å²) in [6.07, 6.45) is 2.18. The summed E-state index contributed by atoms with van der Waals surface area (Å²) in [5, 5.41) is 0. The molecule has 106 valence electrons. The van der Waals surface area contributed by atoms with Gasteiger partial charge >= 0.3 is 5.97 Å². The summed E-state index contributed by atoms with van der Waals surface area (Å²) in [5.41, 5.74) is -1.12. The number of rotatable bonds is 9. The first-order chi connectivity index (χ1) is 8.36. The largest absolute Gasteiger partial charge is 0.465 e. The predicted molar refractivity (Wildman–Crippen MR) is 70.3 cm³/mol. The highest BCUT2D eigenvalue weighted by Crippen LogP contribution is 2.19. The maximum atomic E-state index is 11.9. The van der Waals surface area contributed by atoms with Crippen LogP contribution in [0.5, 0.6) is 0 Å². The molecule has 0 rings (SSSR count). The van der Waals surface area contributed by atoms with Crippen LogP contribution in [0.4, 0.5) is 0 Å². The van der Waals surface area contributed by atoms with Gasteiger partial charge in [0.2, 0.25) is 0 Å². The van der Waals surface area contributed by atoms with Gasteiger partial charge in [0, 0.05) is 6.61 Å². The van der Waals surface area contributed by atoms with Crippen molar-refractivity contribution in [3.05, 3.63) is 0 Å². The Morgan fingerprint density at radius 2 is 1.83 bits per heavy atom. The average Bonchev–Trinajstić information content (AvgIpc) is 2.29. The number of hydrogen-bond acceptors (Lipinski definition) is 4. The molecule has 0 spiro atoms. The Hall–Kier alpha value is -0.900. The Bertz CT molecular complexity index is 271. The number of Topliss-reactive ketones (excluding diaryl/α,β-unsaturated/α-hetero) is 1. The Morgan fingerprint density at radius 3 is 2.33 bits per heavy atom. The van der Waals surface area contributed by atoms with E-state index in [-0.39, 0.29) is 19.0 Å². The average molecular weight is 258 g/mol. The number of ketones is 1. The van der Waals surface area contributed by atoms with Crippen LogP contribution < -0.4 is 0 Å². The summed E-state index contributed by atoms with van der Waals surface area (Å²) in [6, 6.07) is 0. The molecule has 0 saturated heterocycles. The number of ether oxygens (including phenoxy) is 2. The highest BCUT2D eigenvalue weighted by molar-refractivity contribution is 6.03. The van der Waals surface area contributed by atoms with E-state index in [0.29, 0.717) is 12.5 Å². The van der Waals surface area contributed by atoms with Gasteiger partial charge in [-0.15, -0.1) is 0 Å². The van der Waals surface area contributed by atoms with Gasteiger partial charge in [-0.05, 0) is 33.1 Å². The molecule has 0 aliphatic heterocycles. The van der Waals surface area contributed by atoms with Gasteiger partial charge in [0.25, 0.3) is 0 Å². The molecule has 0 fully saturated rings. The van der Waals surface area contributed by atoms with Crippen molar-refractivity contribution in [1.82, 2.24) is 0 Å². The van der Waals surface area contributed by atoms with Crippen molar-refractivity contribution < 1.29 is 19.1 Å². The van der Waals surface area contributed by atoms with E-state index in [1.54, 1.807) is 20.8 Å². The molecule has 0 bridgehead atoms. The van der Waals surface area contributed by atoms with Crippen LogP contribution in [0, 0.1) is 11.3 Å². The van der Waals surface area contributed by atoms with Crippen LogP contribution in [0.1, 0.15) is 47.5 Å². The fourth-order valence-corrected chi connectivity index (χ4v) is 1.53. The molecule has 4 heteroatoms. The molecule has 0 amide bonds. The lowest BCUT2D eigenvalue weighted by atomic mass is 9.88. The molecule has 0 aliphatic carbocycles. The van der Waals surface area contributed by atoms with Crippen LogP contribution >= 0.6 is 0 Å². The fraction of sp³-hybridized carbons (Fsp3) is 0.857. The lowest BCUT2D eigenvalue weighted by molar-refractivity contribution is -0.159. The summed E-state index contributed by atoms with van der Waals surface area (Å²) in [6.45, 7) is 9.89. The van der Waals surface area contributed by atoms with Crippen molar-refractivity contribution in [3.8, 4) is 0 Å². The van der Waals surface area contributed by atoms with Crippen molar-refractivity contribution >= 4 is 11.8 Å². The van der Waals surface area contributed by atoms with E-state index in [4.69, 9.17) is 9.47 Å². The van der Waals surface area contributed by atoms with Crippen LogP contribution in [0.15, 0.2) is 0 Å². The molecule has 4 nitrogen and oxygen atoms in total. The third-order valence-electron chi connectivity index (χ3n) is 2.90.